The van der Waals surface area contributed by atoms with Crippen LogP contribution in [-0.2, 0) is 14.4 Å². The van der Waals surface area contributed by atoms with Crippen LogP contribution in [0.25, 0.3) is 0 Å². The van der Waals surface area contributed by atoms with Crippen LogP contribution in [0, 0.1) is 5.92 Å². The smallest absolute Gasteiger partial charge is 0.260 e. The fourth-order valence-corrected chi connectivity index (χ4v) is 3.49. The fraction of sp³-hybridized carbons (Fsp3) is 0.400. The van der Waals surface area contributed by atoms with Crippen LogP contribution in [0.1, 0.15) is 45.7 Å². The second kappa shape index (κ2) is 12.8. The molecular weight excluding hydrogens is 442 g/mol. The molecule has 1 atom stereocenters. The zero-order chi connectivity index (χ0) is 24.4. The Hall–Kier alpha value is -3.06. The fourth-order valence-electron chi connectivity index (χ4n) is 3.25. The number of likely N-dealkylation sites (N-methyl/N-ethyl adjacent to an activating group) is 1. The van der Waals surface area contributed by atoms with Gasteiger partial charge in [0.1, 0.15) is 11.8 Å². The van der Waals surface area contributed by atoms with Crippen molar-refractivity contribution in [3.63, 3.8) is 0 Å². The summed E-state index contributed by atoms with van der Waals surface area (Å²) in [4.78, 5) is 39.2. The maximum atomic E-state index is 13.0. The number of anilines is 1. The molecule has 0 fully saturated rings. The van der Waals surface area contributed by atoms with Crippen LogP contribution in [0.5, 0.6) is 5.75 Å². The van der Waals surface area contributed by atoms with Gasteiger partial charge in [0.25, 0.3) is 11.8 Å². The van der Waals surface area contributed by atoms with E-state index in [1.165, 1.54) is 0 Å². The number of nitrogens with one attached hydrogen (secondary N) is 2. The Morgan fingerprint density at radius 2 is 1.70 bits per heavy atom. The van der Waals surface area contributed by atoms with Crippen LogP contribution < -0.4 is 15.4 Å². The van der Waals surface area contributed by atoms with Crippen molar-refractivity contribution in [2.75, 3.05) is 25.0 Å². The molecule has 2 aromatic rings. The zero-order valence-electron chi connectivity index (χ0n) is 19.6. The van der Waals surface area contributed by atoms with Crippen molar-refractivity contribution in [3.05, 3.63) is 59.1 Å². The second-order valence-electron chi connectivity index (χ2n) is 8.00. The highest BCUT2D eigenvalue weighted by Gasteiger charge is 2.23. The molecule has 2 rings (SSSR count). The first-order valence-electron chi connectivity index (χ1n) is 11.1. The SMILES string of the molecule is CCN(CC)C(=O)COc1ccc(NC(=O)C(NC(=O)CC(C)C)c2ccccc2)cc1Cl. The van der Waals surface area contributed by atoms with Gasteiger partial charge in [-0.15, -0.1) is 0 Å². The van der Waals surface area contributed by atoms with Gasteiger partial charge in [-0.1, -0.05) is 55.8 Å². The highest BCUT2D eigenvalue weighted by Crippen LogP contribution is 2.28. The average molecular weight is 474 g/mol. The minimum Gasteiger partial charge on any atom is -0.482 e. The predicted octanol–water partition coefficient (Wildman–Crippen LogP) is 4.43. The molecule has 0 spiro atoms. The lowest BCUT2D eigenvalue weighted by Crippen LogP contribution is -2.37. The summed E-state index contributed by atoms with van der Waals surface area (Å²) >= 11 is 6.31. The predicted molar refractivity (Wildman–Crippen MR) is 130 cm³/mol. The standard InChI is InChI=1S/C25H32ClN3O4/c1-5-29(6-2)23(31)16-33-21-13-12-19(15-20(21)26)27-25(32)24(18-10-8-7-9-11-18)28-22(30)14-17(3)4/h7-13,15,17,24H,5-6,14,16H2,1-4H3,(H,27,32)(H,28,30). The third-order valence-corrected chi connectivity index (χ3v) is 5.26. The van der Waals surface area contributed by atoms with Gasteiger partial charge in [0.05, 0.1) is 5.02 Å². The number of amides is 3. The highest BCUT2D eigenvalue weighted by atomic mass is 35.5. The molecule has 2 aromatic carbocycles. The third kappa shape index (κ3) is 8.09. The van der Waals surface area contributed by atoms with E-state index < -0.39 is 6.04 Å². The van der Waals surface area contributed by atoms with Crippen molar-refractivity contribution < 1.29 is 19.1 Å². The molecule has 1 unspecified atom stereocenters. The van der Waals surface area contributed by atoms with Gasteiger partial charge < -0.3 is 20.3 Å². The second-order valence-corrected chi connectivity index (χ2v) is 8.41. The Bertz CT molecular complexity index is 946. The van der Waals surface area contributed by atoms with Crippen molar-refractivity contribution in [3.8, 4) is 5.75 Å². The van der Waals surface area contributed by atoms with Crippen molar-refractivity contribution >= 4 is 35.0 Å². The first-order chi connectivity index (χ1) is 15.7. The third-order valence-electron chi connectivity index (χ3n) is 4.96. The van der Waals surface area contributed by atoms with Crippen LogP contribution in [-0.4, -0.2) is 42.3 Å². The summed E-state index contributed by atoms with van der Waals surface area (Å²) < 4.78 is 5.56. The molecule has 2 N–H and O–H groups in total. The van der Waals surface area contributed by atoms with Gasteiger partial charge in [-0.25, -0.2) is 0 Å². The Labute approximate surface area is 200 Å². The molecule has 0 heterocycles. The van der Waals surface area contributed by atoms with Crippen LogP contribution in [0.15, 0.2) is 48.5 Å². The first kappa shape index (κ1) is 26.2. The molecule has 8 heteroatoms. The van der Waals surface area contributed by atoms with E-state index >= 15 is 0 Å². The summed E-state index contributed by atoms with van der Waals surface area (Å²) in [5.74, 6) is -0.200. The molecule has 0 radical (unpaired) electrons. The van der Waals surface area contributed by atoms with Crippen LogP contribution >= 0.6 is 11.6 Å². The molecule has 0 aliphatic heterocycles. The summed E-state index contributed by atoms with van der Waals surface area (Å²) in [6, 6.07) is 13.0. The van der Waals surface area contributed by atoms with Gasteiger partial charge in [0.2, 0.25) is 5.91 Å². The van der Waals surface area contributed by atoms with E-state index in [4.69, 9.17) is 16.3 Å². The van der Waals surface area contributed by atoms with Crippen molar-refractivity contribution in [2.24, 2.45) is 5.92 Å². The minimum absolute atomic E-state index is 0.120. The summed E-state index contributed by atoms with van der Waals surface area (Å²) in [7, 11) is 0. The van der Waals surface area contributed by atoms with E-state index in [2.05, 4.69) is 10.6 Å². The normalized spacial score (nSPS) is 11.6. The Kier molecular flexibility index (Phi) is 10.2. The summed E-state index contributed by atoms with van der Waals surface area (Å²) in [5.41, 5.74) is 1.12. The van der Waals surface area contributed by atoms with Gasteiger partial charge in [-0.2, -0.15) is 0 Å². The molecular formula is C25H32ClN3O4. The van der Waals surface area contributed by atoms with Gasteiger partial charge in [-0.3, -0.25) is 14.4 Å². The monoisotopic (exact) mass is 473 g/mol. The van der Waals surface area contributed by atoms with Gasteiger partial charge in [-0.05, 0) is 43.5 Å². The highest BCUT2D eigenvalue weighted by molar-refractivity contribution is 6.32. The lowest BCUT2D eigenvalue weighted by Gasteiger charge is -2.20. The lowest BCUT2D eigenvalue weighted by atomic mass is 10.0. The molecule has 33 heavy (non-hydrogen) atoms. The number of ether oxygens (including phenoxy) is 1. The molecule has 0 saturated heterocycles. The minimum atomic E-state index is -0.848. The summed E-state index contributed by atoms with van der Waals surface area (Å²) in [6.07, 6.45) is 0.320. The molecule has 7 nitrogen and oxygen atoms in total. The van der Waals surface area contributed by atoms with E-state index in [0.717, 1.165) is 0 Å². The largest absolute Gasteiger partial charge is 0.482 e. The topological polar surface area (TPSA) is 87.7 Å². The van der Waals surface area contributed by atoms with Crippen LogP contribution in [0.3, 0.4) is 0 Å². The number of carbonyl (C=O) groups excluding carboxylic acids is 3. The summed E-state index contributed by atoms with van der Waals surface area (Å²) in [5, 5.41) is 5.88. The molecule has 0 aliphatic carbocycles. The zero-order valence-corrected chi connectivity index (χ0v) is 20.3. The Balaban J connectivity index is 2.10. The van der Waals surface area contributed by atoms with Gasteiger partial charge in [0.15, 0.2) is 6.61 Å². The van der Waals surface area contributed by atoms with Gasteiger partial charge in [0, 0.05) is 25.2 Å². The van der Waals surface area contributed by atoms with Gasteiger partial charge >= 0.3 is 0 Å². The quantitative estimate of drug-likeness (QED) is 0.505. The molecule has 178 valence electrons. The molecule has 0 aromatic heterocycles. The van der Waals surface area contributed by atoms with E-state index in [0.29, 0.717) is 36.5 Å². The average Bonchev–Trinajstić information content (AvgIpc) is 2.77. The van der Waals surface area contributed by atoms with E-state index in [1.54, 1.807) is 35.2 Å². The summed E-state index contributed by atoms with van der Waals surface area (Å²) in [6.45, 7) is 8.78. The van der Waals surface area contributed by atoms with Crippen molar-refractivity contribution in [1.29, 1.82) is 0 Å². The maximum Gasteiger partial charge on any atom is 0.260 e. The molecule has 0 saturated carbocycles. The maximum absolute atomic E-state index is 13.0. The van der Waals surface area contributed by atoms with Crippen LogP contribution in [0.2, 0.25) is 5.02 Å². The van der Waals surface area contributed by atoms with E-state index in [1.807, 2.05) is 45.9 Å². The number of rotatable bonds is 11. The number of halogens is 1. The number of benzene rings is 2. The molecule has 0 bridgehead atoms. The van der Waals surface area contributed by atoms with E-state index in [-0.39, 0.29) is 35.3 Å². The number of nitrogens with zero attached hydrogens (tertiary/aromatic N) is 1. The Morgan fingerprint density at radius 3 is 2.27 bits per heavy atom. The Morgan fingerprint density at radius 1 is 1.03 bits per heavy atom. The van der Waals surface area contributed by atoms with Crippen LogP contribution in [0.4, 0.5) is 5.69 Å². The number of hydrogen-bond acceptors (Lipinski definition) is 4. The number of carbonyl (C=O) groups is 3. The van der Waals surface area contributed by atoms with Crippen molar-refractivity contribution in [1.82, 2.24) is 10.2 Å². The molecule has 3 amide bonds. The van der Waals surface area contributed by atoms with E-state index in [9.17, 15) is 14.4 Å². The van der Waals surface area contributed by atoms with Crippen molar-refractivity contribution in [2.45, 2.75) is 40.2 Å². The molecule has 0 aliphatic rings. The number of hydrogen-bond donors (Lipinski definition) is 2. The first-order valence-corrected chi connectivity index (χ1v) is 11.5. The lowest BCUT2D eigenvalue weighted by molar-refractivity contribution is -0.133.